The number of aryl methyl sites for hydroxylation is 1. The van der Waals surface area contributed by atoms with E-state index in [0.717, 1.165) is 6.42 Å². The molecule has 0 amide bonds. The van der Waals surface area contributed by atoms with Crippen LogP contribution in [0.2, 0.25) is 0 Å². The minimum absolute atomic E-state index is 0.123. The molecule has 1 heterocycles. The maximum absolute atomic E-state index is 13.3. The van der Waals surface area contributed by atoms with Crippen molar-refractivity contribution in [2.45, 2.75) is 26.7 Å². The molecule has 1 aromatic heterocycles. The van der Waals surface area contributed by atoms with Gasteiger partial charge in [-0.1, -0.05) is 20.3 Å². The molecule has 13 heavy (non-hydrogen) atoms. The number of nitrogen functional groups attached to an aromatic ring is 1. The topological polar surface area (TPSA) is 43.8 Å². The van der Waals surface area contributed by atoms with Crippen molar-refractivity contribution >= 4 is 5.82 Å². The zero-order valence-electron chi connectivity index (χ0n) is 8.34. The molecule has 0 aliphatic rings. The third kappa shape index (κ3) is 1.99. The Morgan fingerprint density at radius 1 is 1.62 bits per heavy atom. The van der Waals surface area contributed by atoms with Gasteiger partial charge in [-0.25, -0.2) is 4.39 Å². The van der Waals surface area contributed by atoms with E-state index in [1.165, 1.54) is 4.68 Å². The standard InChI is InChI=1S/C9H16FN3/c1-4-6(2)5-7-8(10)9(11)13(3)12-7/h6H,4-5,11H2,1-3H3. The molecule has 0 fully saturated rings. The quantitative estimate of drug-likeness (QED) is 0.779. The fourth-order valence-corrected chi connectivity index (χ4v) is 1.17. The van der Waals surface area contributed by atoms with Gasteiger partial charge in [-0.3, -0.25) is 4.68 Å². The largest absolute Gasteiger partial charge is 0.381 e. The minimum Gasteiger partial charge on any atom is -0.381 e. The van der Waals surface area contributed by atoms with Gasteiger partial charge in [0.2, 0.25) is 0 Å². The Balaban J connectivity index is 2.83. The van der Waals surface area contributed by atoms with E-state index in [1.54, 1.807) is 7.05 Å². The van der Waals surface area contributed by atoms with Crippen LogP contribution in [0.4, 0.5) is 10.2 Å². The molecule has 0 aliphatic heterocycles. The predicted molar refractivity (Wildman–Crippen MR) is 50.7 cm³/mol. The molecular weight excluding hydrogens is 169 g/mol. The number of anilines is 1. The van der Waals surface area contributed by atoms with Crippen LogP contribution in [0.3, 0.4) is 0 Å². The van der Waals surface area contributed by atoms with Crippen LogP contribution in [0.15, 0.2) is 0 Å². The van der Waals surface area contributed by atoms with Crippen LogP contribution in [-0.4, -0.2) is 9.78 Å². The second-order valence-corrected chi connectivity index (χ2v) is 3.49. The van der Waals surface area contributed by atoms with E-state index < -0.39 is 0 Å². The van der Waals surface area contributed by atoms with Crippen LogP contribution in [0.25, 0.3) is 0 Å². The van der Waals surface area contributed by atoms with Crippen molar-refractivity contribution in [3.05, 3.63) is 11.5 Å². The van der Waals surface area contributed by atoms with Gasteiger partial charge >= 0.3 is 0 Å². The van der Waals surface area contributed by atoms with Gasteiger partial charge in [0, 0.05) is 7.05 Å². The average Bonchev–Trinajstić information content (AvgIpc) is 2.34. The van der Waals surface area contributed by atoms with Crippen LogP contribution in [0.1, 0.15) is 26.0 Å². The Hall–Kier alpha value is -1.06. The van der Waals surface area contributed by atoms with Gasteiger partial charge in [-0.05, 0) is 12.3 Å². The van der Waals surface area contributed by atoms with Crippen LogP contribution >= 0.6 is 0 Å². The highest BCUT2D eigenvalue weighted by molar-refractivity contribution is 5.33. The molecule has 1 aromatic rings. The first kappa shape index (κ1) is 10.0. The van der Waals surface area contributed by atoms with Gasteiger partial charge in [0.1, 0.15) is 5.69 Å². The van der Waals surface area contributed by atoms with Crippen LogP contribution in [-0.2, 0) is 13.5 Å². The zero-order chi connectivity index (χ0) is 10.0. The SMILES string of the molecule is CCC(C)Cc1nn(C)c(N)c1F. The Morgan fingerprint density at radius 3 is 2.62 bits per heavy atom. The molecule has 0 saturated heterocycles. The number of hydrogen-bond acceptors (Lipinski definition) is 2. The van der Waals surface area contributed by atoms with Crippen molar-refractivity contribution in [1.82, 2.24) is 9.78 Å². The van der Waals surface area contributed by atoms with Gasteiger partial charge in [0.25, 0.3) is 0 Å². The summed E-state index contributed by atoms with van der Waals surface area (Å²) < 4.78 is 14.7. The molecule has 74 valence electrons. The summed E-state index contributed by atoms with van der Waals surface area (Å²) in [5.41, 5.74) is 5.93. The average molecular weight is 185 g/mol. The van der Waals surface area contributed by atoms with Crippen molar-refractivity contribution < 1.29 is 4.39 Å². The summed E-state index contributed by atoms with van der Waals surface area (Å²) in [6, 6.07) is 0. The van der Waals surface area contributed by atoms with E-state index >= 15 is 0 Å². The van der Waals surface area contributed by atoms with Crippen molar-refractivity contribution in [2.75, 3.05) is 5.73 Å². The molecule has 0 radical (unpaired) electrons. The van der Waals surface area contributed by atoms with E-state index in [-0.39, 0.29) is 11.6 Å². The molecule has 1 rings (SSSR count). The lowest BCUT2D eigenvalue weighted by molar-refractivity contribution is 0.524. The summed E-state index contributed by atoms with van der Waals surface area (Å²) >= 11 is 0. The lowest BCUT2D eigenvalue weighted by Gasteiger charge is -2.04. The number of halogens is 1. The molecule has 0 bridgehead atoms. The molecule has 1 unspecified atom stereocenters. The Kier molecular flexibility index (Phi) is 2.90. The molecule has 0 aromatic carbocycles. The molecule has 4 heteroatoms. The lowest BCUT2D eigenvalue weighted by atomic mass is 10.0. The van der Waals surface area contributed by atoms with E-state index in [9.17, 15) is 4.39 Å². The van der Waals surface area contributed by atoms with Crippen LogP contribution in [0.5, 0.6) is 0 Å². The zero-order valence-corrected chi connectivity index (χ0v) is 8.34. The summed E-state index contributed by atoms with van der Waals surface area (Å²) in [6.45, 7) is 4.15. The maximum atomic E-state index is 13.3. The molecular formula is C9H16FN3. The van der Waals surface area contributed by atoms with Gasteiger partial charge in [0.15, 0.2) is 11.6 Å². The Bertz CT molecular complexity index is 293. The van der Waals surface area contributed by atoms with Crippen molar-refractivity contribution in [3.63, 3.8) is 0 Å². The van der Waals surface area contributed by atoms with Gasteiger partial charge in [-0.2, -0.15) is 5.10 Å². The summed E-state index contributed by atoms with van der Waals surface area (Å²) in [5.74, 6) is 0.213. The highest BCUT2D eigenvalue weighted by atomic mass is 19.1. The normalized spacial score (nSPS) is 13.2. The summed E-state index contributed by atoms with van der Waals surface area (Å²) in [4.78, 5) is 0. The first-order chi connectivity index (χ1) is 6.06. The van der Waals surface area contributed by atoms with E-state index in [0.29, 0.717) is 18.0 Å². The van der Waals surface area contributed by atoms with Gasteiger partial charge < -0.3 is 5.73 Å². The van der Waals surface area contributed by atoms with Crippen molar-refractivity contribution in [2.24, 2.45) is 13.0 Å². The highest BCUT2D eigenvalue weighted by Crippen LogP contribution is 2.17. The minimum atomic E-state index is -0.359. The molecule has 0 aliphatic carbocycles. The number of aromatic nitrogens is 2. The van der Waals surface area contributed by atoms with Gasteiger partial charge in [-0.15, -0.1) is 0 Å². The summed E-state index contributed by atoms with van der Waals surface area (Å²) in [5, 5.41) is 4.01. The Labute approximate surface area is 77.7 Å². The third-order valence-electron chi connectivity index (χ3n) is 2.34. The molecule has 3 nitrogen and oxygen atoms in total. The number of nitrogens with zero attached hydrogens (tertiary/aromatic N) is 2. The van der Waals surface area contributed by atoms with Crippen LogP contribution < -0.4 is 5.73 Å². The van der Waals surface area contributed by atoms with Crippen LogP contribution in [0, 0.1) is 11.7 Å². The van der Waals surface area contributed by atoms with E-state index in [2.05, 4.69) is 18.9 Å². The number of nitrogens with two attached hydrogens (primary N) is 1. The van der Waals surface area contributed by atoms with Gasteiger partial charge in [0.05, 0.1) is 0 Å². The fourth-order valence-electron chi connectivity index (χ4n) is 1.17. The molecule has 1 atom stereocenters. The highest BCUT2D eigenvalue weighted by Gasteiger charge is 2.14. The van der Waals surface area contributed by atoms with Crippen molar-refractivity contribution in [3.8, 4) is 0 Å². The molecule has 0 spiro atoms. The summed E-state index contributed by atoms with van der Waals surface area (Å²) in [7, 11) is 1.65. The van der Waals surface area contributed by atoms with Crippen molar-refractivity contribution in [1.29, 1.82) is 0 Å². The summed E-state index contributed by atoms with van der Waals surface area (Å²) in [6.07, 6.45) is 1.68. The van der Waals surface area contributed by atoms with E-state index in [1.807, 2.05) is 0 Å². The number of hydrogen-bond donors (Lipinski definition) is 1. The Morgan fingerprint density at radius 2 is 2.23 bits per heavy atom. The lowest BCUT2D eigenvalue weighted by Crippen LogP contribution is -2.00. The fraction of sp³-hybridized carbons (Fsp3) is 0.667. The predicted octanol–water partition coefficient (Wildman–Crippen LogP) is 1.73. The maximum Gasteiger partial charge on any atom is 0.188 e. The number of rotatable bonds is 3. The molecule has 2 N–H and O–H groups in total. The first-order valence-corrected chi connectivity index (χ1v) is 4.53. The second-order valence-electron chi connectivity index (χ2n) is 3.49. The third-order valence-corrected chi connectivity index (χ3v) is 2.34. The molecule has 0 saturated carbocycles. The first-order valence-electron chi connectivity index (χ1n) is 4.53. The second kappa shape index (κ2) is 3.77. The monoisotopic (exact) mass is 185 g/mol. The smallest absolute Gasteiger partial charge is 0.188 e. The van der Waals surface area contributed by atoms with E-state index in [4.69, 9.17) is 5.73 Å².